The minimum absolute atomic E-state index is 0.0226. The molecule has 0 bridgehead atoms. The van der Waals surface area contributed by atoms with E-state index in [1.54, 1.807) is 0 Å². The summed E-state index contributed by atoms with van der Waals surface area (Å²) in [7, 11) is -8.00. The van der Waals surface area contributed by atoms with E-state index in [0.717, 1.165) is 23.6 Å². The number of carbonyl (C=O) groups is 2. The lowest BCUT2D eigenvalue weighted by Gasteiger charge is -2.35. The van der Waals surface area contributed by atoms with Crippen molar-refractivity contribution in [3.05, 3.63) is 94.5 Å². The molecule has 0 aromatic heterocycles. The van der Waals surface area contributed by atoms with Crippen LogP contribution < -0.4 is 14.9 Å². The Morgan fingerprint density at radius 2 is 1.65 bits per heavy atom. The highest BCUT2D eigenvalue weighted by Crippen LogP contribution is 2.40. The number of fused-ring (bicyclic) bond motifs is 2. The molecule has 3 aromatic rings. The Bertz CT molecular complexity index is 1800. The fraction of sp³-hybridized carbons (Fsp3) is 0.185. The van der Waals surface area contributed by atoms with Crippen LogP contribution in [0.2, 0.25) is 0 Å². The number of anilines is 3. The molecule has 2 aliphatic rings. The molecule has 1 atom stereocenters. The number of nitrogens with one attached hydrogen (secondary N) is 2. The Hall–Kier alpha value is -4.10. The number of sulfone groups is 1. The number of ketones is 1. The van der Waals surface area contributed by atoms with Gasteiger partial charge in [-0.1, -0.05) is 12.1 Å². The van der Waals surface area contributed by atoms with Crippen LogP contribution in [0.1, 0.15) is 29.8 Å². The Morgan fingerprint density at radius 3 is 2.33 bits per heavy atom. The van der Waals surface area contributed by atoms with Crippen LogP contribution in [0.4, 0.5) is 25.8 Å². The van der Waals surface area contributed by atoms with Gasteiger partial charge in [-0.05, 0) is 67.9 Å². The zero-order valence-electron chi connectivity index (χ0n) is 21.2. The lowest BCUT2D eigenvalue weighted by atomic mass is 9.87. The molecular formula is C27H23F2N3O6S2. The van der Waals surface area contributed by atoms with Gasteiger partial charge in [-0.2, -0.15) is 0 Å². The maximum absolute atomic E-state index is 14.2. The number of rotatable bonds is 6. The van der Waals surface area contributed by atoms with E-state index in [4.69, 9.17) is 0 Å². The second-order valence-corrected chi connectivity index (χ2v) is 13.7. The number of carbonyl (C=O) groups excluding carboxylic acids is 2. The molecule has 9 nitrogen and oxygen atoms in total. The summed E-state index contributed by atoms with van der Waals surface area (Å²) in [4.78, 5) is 28.2. The van der Waals surface area contributed by atoms with Gasteiger partial charge in [0.2, 0.25) is 25.8 Å². The van der Waals surface area contributed by atoms with E-state index in [2.05, 4.69) is 10.0 Å². The van der Waals surface area contributed by atoms with E-state index in [1.807, 2.05) is 0 Å². The number of hydrogen-bond acceptors (Lipinski definition) is 7. The van der Waals surface area contributed by atoms with Crippen LogP contribution in [0.3, 0.4) is 0 Å². The molecule has 2 heterocycles. The molecule has 2 N–H and O–H groups in total. The first-order chi connectivity index (χ1) is 18.8. The Morgan fingerprint density at radius 1 is 0.975 bits per heavy atom. The molecule has 2 aliphatic heterocycles. The molecule has 0 fully saturated rings. The maximum Gasteiger partial charge on any atom is 0.244 e. The fourth-order valence-corrected chi connectivity index (χ4v) is 6.52. The highest BCUT2D eigenvalue weighted by atomic mass is 32.2. The van der Waals surface area contributed by atoms with Crippen molar-refractivity contribution in [3.8, 4) is 0 Å². The summed E-state index contributed by atoms with van der Waals surface area (Å²) >= 11 is 0. The molecular weight excluding hydrogens is 564 g/mol. The van der Waals surface area contributed by atoms with Crippen LogP contribution in [-0.4, -0.2) is 33.8 Å². The second-order valence-electron chi connectivity index (χ2n) is 9.66. The molecule has 5 rings (SSSR count). The average Bonchev–Trinajstić information content (AvgIpc) is 2.88. The first-order valence-electron chi connectivity index (χ1n) is 12.1. The minimum atomic E-state index is -4.25. The average molecular weight is 588 g/mol. The smallest absolute Gasteiger partial charge is 0.244 e. The normalized spacial score (nSPS) is 18.1. The highest BCUT2D eigenvalue weighted by molar-refractivity contribution is 7.94. The van der Waals surface area contributed by atoms with Crippen molar-refractivity contribution in [2.24, 2.45) is 5.92 Å². The lowest BCUT2D eigenvalue weighted by molar-refractivity contribution is -0.120. The SMILES string of the molecule is CC(C)S(=O)(=O)Nc1ccc2c(c1)S(=O)(=O)C=C(C1C(=O)c3cc(F)ccc3N(Cc3ccc(F)cc3)C1=O)N2. The topological polar surface area (TPSA) is 130 Å². The van der Waals surface area contributed by atoms with Gasteiger partial charge >= 0.3 is 0 Å². The van der Waals surface area contributed by atoms with Crippen LogP contribution >= 0.6 is 0 Å². The van der Waals surface area contributed by atoms with Gasteiger partial charge in [0, 0.05) is 16.9 Å². The van der Waals surface area contributed by atoms with Crippen molar-refractivity contribution in [2.75, 3.05) is 14.9 Å². The van der Waals surface area contributed by atoms with Crippen LogP contribution in [0.5, 0.6) is 0 Å². The van der Waals surface area contributed by atoms with Crippen LogP contribution in [0.15, 0.2) is 76.7 Å². The summed E-state index contributed by atoms with van der Waals surface area (Å²) in [5, 5.41) is 2.81. The van der Waals surface area contributed by atoms with Gasteiger partial charge < -0.3 is 10.2 Å². The number of halogens is 2. The predicted molar refractivity (Wildman–Crippen MR) is 145 cm³/mol. The Balaban J connectivity index is 1.54. The van der Waals surface area contributed by atoms with Crippen molar-refractivity contribution in [2.45, 2.75) is 30.5 Å². The van der Waals surface area contributed by atoms with Gasteiger partial charge in [-0.25, -0.2) is 25.6 Å². The second kappa shape index (κ2) is 9.82. The number of Topliss-reactive ketones (excluding diaryl/α,β-unsaturated/α-hetero) is 1. The van der Waals surface area contributed by atoms with Gasteiger partial charge in [0.1, 0.15) is 17.6 Å². The van der Waals surface area contributed by atoms with Gasteiger partial charge in [-0.15, -0.1) is 0 Å². The molecule has 13 heteroatoms. The summed E-state index contributed by atoms with van der Waals surface area (Å²) < 4.78 is 81.0. The number of sulfonamides is 1. The number of amides is 1. The van der Waals surface area contributed by atoms with Crippen molar-refractivity contribution < 1.29 is 35.2 Å². The maximum atomic E-state index is 14.2. The largest absolute Gasteiger partial charge is 0.356 e. The van der Waals surface area contributed by atoms with Crippen molar-refractivity contribution in [1.29, 1.82) is 0 Å². The fourth-order valence-electron chi connectivity index (χ4n) is 4.46. The molecule has 0 saturated heterocycles. The molecule has 40 heavy (non-hydrogen) atoms. The van der Waals surface area contributed by atoms with E-state index in [1.165, 1.54) is 61.2 Å². The van der Waals surface area contributed by atoms with E-state index in [-0.39, 0.29) is 39.8 Å². The van der Waals surface area contributed by atoms with Gasteiger partial charge in [0.15, 0.2) is 5.78 Å². The van der Waals surface area contributed by atoms with Crippen LogP contribution in [0.25, 0.3) is 0 Å². The van der Waals surface area contributed by atoms with E-state index in [9.17, 15) is 35.2 Å². The van der Waals surface area contributed by atoms with Crippen molar-refractivity contribution in [3.63, 3.8) is 0 Å². The summed E-state index contributed by atoms with van der Waals surface area (Å²) in [5.41, 5.74) is 0.361. The standard InChI is InChI=1S/C27H23F2N3O6S2/c1-15(2)40(37,38)31-19-8-9-21-24(12-19)39(35,36)14-22(30-21)25-26(33)20-11-18(29)7-10-23(20)32(27(25)34)13-16-3-5-17(28)6-4-16/h3-12,14-15,25,30-31H,13H2,1-2H3. The molecule has 208 valence electrons. The molecule has 0 spiro atoms. The van der Waals surface area contributed by atoms with Gasteiger partial charge in [0.05, 0.1) is 33.5 Å². The number of nitrogens with zero attached hydrogens (tertiary/aromatic N) is 1. The third kappa shape index (κ3) is 4.97. The molecule has 3 aromatic carbocycles. The monoisotopic (exact) mass is 587 g/mol. The third-order valence-corrected chi connectivity index (χ3v) is 9.86. The van der Waals surface area contributed by atoms with E-state index < -0.39 is 54.4 Å². The quantitative estimate of drug-likeness (QED) is 0.414. The minimum Gasteiger partial charge on any atom is -0.356 e. The first-order valence-corrected chi connectivity index (χ1v) is 15.1. The van der Waals surface area contributed by atoms with Gasteiger partial charge in [-0.3, -0.25) is 14.3 Å². The van der Waals surface area contributed by atoms with Crippen molar-refractivity contribution in [1.82, 2.24) is 0 Å². The van der Waals surface area contributed by atoms with Crippen LogP contribution in [0, 0.1) is 17.6 Å². The van der Waals surface area contributed by atoms with E-state index >= 15 is 0 Å². The molecule has 1 unspecified atom stereocenters. The third-order valence-electron chi connectivity index (χ3n) is 6.58. The zero-order chi connectivity index (χ0) is 29.0. The van der Waals surface area contributed by atoms with Gasteiger partial charge in [0.25, 0.3) is 0 Å². The molecule has 0 aliphatic carbocycles. The molecule has 0 radical (unpaired) electrons. The number of benzene rings is 3. The predicted octanol–water partition coefficient (Wildman–Crippen LogP) is 4.20. The molecule has 0 saturated carbocycles. The summed E-state index contributed by atoms with van der Waals surface area (Å²) in [6, 6.07) is 12.5. The summed E-state index contributed by atoms with van der Waals surface area (Å²) in [6.45, 7) is 2.85. The highest BCUT2D eigenvalue weighted by Gasteiger charge is 2.44. The van der Waals surface area contributed by atoms with Crippen molar-refractivity contribution >= 4 is 48.6 Å². The number of hydrogen-bond donors (Lipinski definition) is 2. The summed E-state index contributed by atoms with van der Waals surface area (Å²) in [6.07, 6.45) is 0. The summed E-state index contributed by atoms with van der Waals surface area (Å²) in [5.74, 6) is -4.40. The first kappa shape index (κ1) is 27.5. The van der Waals surface area contributed by atoms with Crippen LogP contribution in [-0.2, 0) is 31.2 Å². The molecule has 1 amide bonds. The lowest BCUT2D eigenvalue weighted by Crippen LogP contribution is -2.46. The van der Waals surface area contributed by atoms with E-state index in [0.29, 0.717) is 5.56 Å². The Labute approximate surface area is 229 Å². The Kier molecular flexibility index (Phi) is 6.74. The zero-order valence-corrected chi connectivity index (χ0v) is 22.8.